The minimum Gasteiger partial charge on any atom is -0.497 e. The molecule has 0 unspecified atom stereocenters. The highest BCUT2D eigenvalue weighted by Gasteiger charge is 2.15. The molecule has 0 fully saturated rings. The number of carbonyl (C=O) groups excluding carboxylic acids is 1. The predicted molar refractivity (Wildman–Crippen MR) is 128 cm³/mol. The van der Waals surface area contributed by atoms with Gasteiger partial charge in [0.1, 0.15) is 11.8 Å². The van der Waals surface area contributed by atoms with Gasteiger partial charge in [0.25, 0.3) is 5.91 Å². The maximum absolute atomic E-state index is 12.7. The molecule has 1 atom stereocenters. The second kappa shape index (κ2) is 9.30. The highest BCUT2D eigenvalue weighted by Crippen LogP contribution is 2.27. The summed E-state index contributed by atoms with van der Waals surface area (Å²) in [5.74, 6) is 0.592. The lowest BCUT2D eigenvalue weighted by Gasteiger charge is -2.16. The zero-order valence-electron chi connectivity index (χ0n) is 17.6. The number of anilines is 1. The van der Waals surface area contributed by atoms with Crippen LogP contribution in [0.5, 0.6) is 5.75 Å². The third-order valence-electron chi connectivity index (χ3n) is 5.34. The molecule has 31 heavy (non-hydrogen) atoms. The number of hydrogen-bond donors (Lipinski definition) is 2. The monoisotopic (exact) mass is 411 g/mol. The van der Waals surface area contributed by atoms with Crippen molar-refractivity contribution < 1.29 is 9.53 Å². The molecule has 0 bridgehead atoms. The van der Waals surface area contributed by atoms with Crippen LogP contribution in [-0.4, -0.2) is 25.3 Å². The van der Waals surface area contributed by atoms with Crippen LogP contribution in [0.15, 0.2) is 84.0 Å². The van der Waals surface area contributed by atoms with Crippen molar-refractivity contribution in [2.24, 2.45) is 5.10 Å². The molecule has 0 aliphatic carbocycles. The maximum Gasteiger partial charge on any atom is 0.262 e. The third-order valence-corrected chi connectivity index (χ3v) is 5.34. The maximum atomic E-state index is 12.7. The van der Waals surface area contributed by atoms with E-state index in [-0.39, 0.29) is 5.91 Å². The molecule has 0 aliphatic heterocycles. The summed E-state index contributed by atoms with van der Waals surface area (Å²) in [6.45, 7) is 1.96. The standard InChI is InChI=1S/C26H25N3O2/c1-3-25(28-20-12-14-21(31-2)15-13-20)26(30)29-27-17-24-22-10-6-4-8-18(22)16-19-9-5-7-11-23(19)24/h4-17,25,28H,3H2,1-2H3,(H,29,30)/b27-17-/t25-/m1/s1. The van der Waals surface area contributed by atoms with Crippen molar-refractivity contribution in [2.45, 2.75) is 19.4 Å². The van der Waals surface area contributed by atoms with Crippen LogP contribution in [0.2, 0.25) is 0 Å². The van der Waals surface area contributed by atoms with E-state index in [1.807, 2.05) is 55.5 Å². The summed E-state index contributed by atoms with van der Waals surface area (Å²) in [4.78, 5) is 12.7. The molecule has 156 valence electrons. The van der Waals surface area contributed by atoms with Crippen LogP contribution in [0.1, 0.15) is 18.9 Å². The van der Waals surface area contributed by atoms with Gasteiger partial charge in [0.15, 0.2) is 0 Å². The van der Waals surface area contributed by atoms with Gasteiger partial charge in [-0.1, -0.05) is 55.5 Å². The van der Waals surface area contributed by atoms with E-state index < -0.39 is 6.04 Å². The van der Waals surface area contributed by atoms with E-state index in [1.165, 1.54) is 0 Å². The van der Waals surface area contributed by atoms with Crippen LogP contribution in [0.4, 0.5) is 5.69 Å². The smallest absolute Gasteiger partial charge is 0.262 e. The Hall–Kier alpha value is -3.86. The second-order valence-electron chi connectivity index (χ2n) is 7.30. The van der Waals surface area contributed by atoms with Gasteiger partial charge in [-0.3, -0.25) is 4.79 Å². The Bertz CT molecular complexity index is 1180. The van der Waals surface area contributed by atoms with E-state index in [1.54, 1.807) is 13.3 Å². The Morgan fingerprint density at radius 3 is 2.16 bits per heavy atom. The fourth-order valence-electron chi connectivity index (χ4n) is 3.67. The van der Waals surface area contributed by atoms with Gasteiger partial charge in [0.05, 0.1) is 13.3 Å². The lowest BCUT2D eigenvalue weighted by molar-refractivity contribution is -0.121. The van der Waals surface area contributed by atoms with Crippen molar-refractivity contribution in [3.05, 3.63) is 84.4 Å². The first-order valence-electron chi connectivity index (χ1n) is 10.3. The van der Waals surface area contributed by atoms with Crippen LogP contribution < -0.4 is 15.5 Å². The Morgan fingerprint density at radius 1 is 0.968 bits per heavy atom. The van der Waals surface area contributed by atoms with Gasteiger partial charge < -0.3 is 10.1 Å². The molecule has 2 N–H and O–H groups in total. The first-order valence-corrected chi connectivity index (χ1v) is 10.3. The average molecular weight is 412 g/mol. The van der Waals surface area contributed by atoms with Crippen molar-refractivity contribution >= 4 is 39.4 Å². The Morgan fingerprint density at radius 2 is 1.58 bits per heavy atom. The van der Waals surface area contributed by atoms with Gasteiger partial charge in [-0.15, -0.1) is 0 Å². The summed E-state index contributed by atoms with van der Waals surface area (Å²) < 4.78 is 5.18. The number of nitrogens with zero attached hydrogens (tertiary/aromatic N) is 1. The number of rotatable bonds is 7. The van der Waals surface area contributed by atoms with Gasteiger partial charge in [-0.25, -0.2) is 5.43 Å². The zero-order valence-corrected chi connectivity index (χ0v) is 17.6. The molecule has 0 heterocycles. The summed E-state index contributed by atoms with van der Waals surface area (Å²) in [5.41, 5.74) is 4.54. The number of hydrazone groups is 1. The summed E-state index contributed by atoms with van der Waals surface area (Å²) >= 11 is 0. The number of methoxy groups -OCH3 is 1. The van der Waals surface area contributed by atoms with Crippen LogP contribution in [0.3, 0.4) is 0 Å². The van der Waals surface area contributed by atoms with E-state index in [4.69, 9.17) is 4.74 Å². The number of ether oxygens (including phenoxy) is 1. The largest absolute Gasteiger partial charge is 0.497 e. The van der Waals surface area contributed by atoms with E-state index in [2.05, 4.69) is 46.2 Å². The number of fused-ring (bicyclic) bond motifs is 2. The molecule has 1 amide bonds. The molecule has 0 spiro atoms. The molecule has 0 aliphatic rings. The van der Waals surface area contributed by atoms with Crippen molar-refractivity contribution in [2.75, 3.05) is 12.4 Å². The van der Waals surface area contributed by atoms with Gasteiger partial charge in [-0.2, -0.15) is 5.10 Å². The fourth-order valence-corrected chi connectivity index (χ4v) is 3.67. The van der Waals surface area contributed by atoms with E-state index >= 15 is 0 Å². The second-order valence-corrected chi connectivity index (χ2v) is 7.30. The number of amides is 1. The first-order chi connectivity index (χ1) is 15.2. The lowest BCUT2D eigenvalue weighted by atomic mass is 9.97. The molecule has 4 rings (SSSR count). The number of hydrogen-bond acceptors (Lipinski definition) is 4. The van der Waals surface area contributed by atoms with Crippen molar-refractivity contribution in [1.29, 1.82) is 0 Å². The van der Waals surface area contributed by atoms with Crippen molar-refractivity contribution in [3.63, 3.8) is 0 Å². The quantitative estimate of drug-likeness (QED) is 0.245. The summed E-state index contributed by atoms with van der Waals surface area (Å²) in [6.07, 6.45) is 2.37. The molecule has 4 aromatic rings. The lowest BCUT2D eigenvalue weighted by Crippen LogP contribution is -2.36. The van der Waals surface area contributed by atoms with Gasteiger partial charge in [0, 0.05) is 11.3 Å². The zero-order chi connectivity index (χ0) is 21.6. The molecular formula is C26H25N3O2. The SMILES string of the molecule is CC[C@@H](Nc1ccc(OC)cc1)C(=O)N/N=C\c1c2ccccc2cc2ccccc12. The van der Waals surface area contributed by atoms with Gasteiger partial charge in [0.2, 0.25) is 0 Å². The average Bonchev–Trinajstić information content (AvgIpc) is 2.82. The minimum absolute atomic E-state index is 0.181. The van der Waals surface area contributed by atoms with Crippen LogP contribution in [-0.2, 0) is 4.79 Å². The van der Waals surface area contributed by atoms with Crippen LogP contribution in [0.25, 0.3) is 21.5 Å². The highest BCUT2D eigenvalue weighted by molar-refractivity contribution is 6.13. The Kier molecular flexibility index (Phi) is 6.13. The summed E-state index contributed by atoms with van der Waals surface area (Å²) in [5, 5.41) is 12.0. The van der Waals surface area contributed by atoms with E-state index in [9.17, 15) is 4.79 Å². The topological polar surface area (TPSA) is 62.7 Å². The molecule has 4 aromatic carbocycles. The number of nitrogens with one attached hydrogen (secondary N) is 2. The molecule has 0 saturated carbocycles. The molecule has 0 radical (unpaired) electrons. The number of carbonyl (C=O) groups is 1. The Balaban J connectivity index is 1.54. The first kappa shape index (κ1) is 20.4. The van der Waals surface area contributed by atoms with Crippen LogP contribution >= 0.6 is 0 Å². The van der Waals surface area contributed by atoms with Crippen molar-refractivity contribution in [3.8, 4) is 5.75 Å². The van der Waals surface area contributed by atoms with E-state index in [0.29, 0.717) is 6.42 Å². The minimum atomic E-state index is -0.394. The highest BCUT2D eigenvalue weighted by atomic mass is 16.5. The molecule has 0 aromatic heterocycles. The molecule has 5 nitrogen and oxygen atoms in total. The van der Waals surface area contributed by atoms with Crippen LogP contribution in [0, 0.1) is 0 Å². The fraction of sp³-hybridized carbons (Fsp3) is 0.154. The number of benzene rings is 4. The van der Waals surface area contributed by atoms with E-state index in [0.717, 1.165) is 38.5 Å². The molecule has 5 heteroatoms. The molecular weight excluding hydrogens is 386 g/mol. The normalized spacial score (nSPS) is 12.2. The summed E-state index contributed by atoms with van der Waals surface area (Å²) in [7, 11) is 1.63. The Labute approximate surface area is 181 Å². The predicted octanol–water partition coefficient (Wildman–Crippen LogP) is 5.34. The molecule has 0 saturated heterocycles. The van der Waals surface area contributed by atoms with Crippen molar-refractivity contribution in [1.82, 2.24) is 5.43 Å². The van der Waals surface area contributed by atoms with Gasteiger partial charge in [-0.05, 0) is 58.3 Å². The summed E-state index contributed by atoms with van der Waals surface area (Å²) in [6, 6.07) is 25.7. The van der Waals surface area contributed by atoms with Gasteiger partial charge >= 0.3 is 0 Å². The third kappa shape index (κ3) is 4.51.